The van der Waals surface area contributed by atoms with Gasteiger partial charge in [-0.15, -0.1) is 4.73 Å². The Labute approximate surface area is 151 Å². The highest BCUT2D eigenvalue weighted by Crippen LogP contribution is 2.30. The summed E-state index contributed by atoms with van der Waals surface area (Å²) in [4.78, 5) is 21.8. The van der Waals surface area contributed by atoms with Gasteiger partial charge in [-0.3, -0.25) is 0 Å². The molecule has 3 rings (SSSR count). The number of hydrogen-bond acceptors (Lipinski definition) is 6. The van der Waals surface area contributed by atoms with Gasteiger partial charge in [-0.2, -0.15) is 0 Å². The SMILES string of the molecule is CCCc1nc(-c2ccccc2Br)oc1C(=O)On1c(O)ccc1O. The standard InChI is InChI=1S/C17H15BrN2O5/c1-2-5-12-15(17(23)25-20-13(21)8-9-14(20)22)24-16(19-12)10-6-3-4-7-11(10)18/h3-4,6-9,21-22H,2,5H2,1H3. The van der Waals surface area contributed by atoms with Crippen LogP contribution in [0.4, 0.5) is 0 Å². The molecule has 7 nitrogen and oxygen atoms in total. The number of halogens is 1. The number of aryl methyl sites for hydroxylation is 1. The lowest BCUT2D eigenvalue weighted by molar-refractivity contribution is 0.0346. The second-order valence-electron chi connectivity index (χ2n) is 5.25. The van der Waals surface area contributed by atoms with Gasteiger partial charge in [0.15, 0.2) is 0 Å². The molecule has 0 saturated carbocycles. The molecule has 0 fully saturated rings. The molecule has 1 aromatic carbocycles. The molecule has 2 N–H and O–H groups in total. The van der Waals surface area contributed by atoms with Gasteiger partial charge >= 0.3 is 5.97 Å². The van der Waals surface area contributed by atoms with Crippen LogP contribution in [0.5, 0.6) is 11.8 Å². The second kappa shape index (κ2) is 7.02. The summed E-state index contributed by atoms with van der Waals surface area (Å²) in [6.07, 6.45) is 1.27. The number of oxazole rings is 1. The second-order valence-corrected chi connectivity index (χ2v) is 6.10. The predicted octanol–water partition coefficient (Wildman–Crippen LogP) is 3.54. The lowest BCUT2D eigenvalue weighted by Crippen LogP contribution is -2.19. The van der Waals surface area contributed by atoms with Crippen molar-refractivity contribution in [1.82, 2.24) is 9.71 Å². The first-order chi connectivity index (χ1) is 12.0. The first-order valence-electron chi connectivity index (χ1n) is 7.58. The largest absolute Gasteiger partial charge is 0.492 e. The number of aromatic hydroxyl groups is 2. The van der Waals surface area contributed by atoms with Crippen LogP contribution in [0.25, 0.3) is 11.5 Å². The molecule has 25 heavy (non-hydrogen) atoms. The molecule has 3 aromatic rings. The Balaban J connectivity index is 1.97. The highest BCUT2D eigenvalue weighted by Gasteiger charge is 2.25. The minimum absolute atomic E-state index is 0.0693. The van der Waals surface area contributed by atoms with Gasteiger partial charge < -0.3 is 19.5 Å². The Morgan fingerprint density at radius 2 is 1.92 bits per heavy atom. The van der Waals surface area contributed by atoms with E-state index in [1.165, 1.54) is 12.1 Å². The summed E-state index contributed by atoms with van der Waals surface area (Å²) in [5, 5.41) is 19.2. The molecule has 0 amide bonds. The zero-order chi connectivity index (χ0) is 18.0. The van der Waals surface area contributed by atoms with E-state index in [9.17, 15) is 15.0 Å². The van der Waals surface area contributed by atoms with E-state index in [0.717, 1.165) is 10.9 Å². The van der Waals surface area contributed by atoms with E-state index in [0.29, 0.717) is 22.4 Å². The highest BCUT2D eigenvalue weighted by atomic mass is 79.9. The Morgan fingerprint density at radius 3 is 2.56 bits per heavy atom. The van der Waals surface area contributed by atoms with Crippen LogP contribution >= 0.6 is 15.9 Å². The molecule has 0 unspecified atom stereocenters. The lowest BCUT2D eigenvalue weighted by Gasteiger charge is -2.05. The number of hydrogen-bond donors (Lipinski definition) is 2. The van der Waals surface area contributed by atoms with Gasteiger partial charge in [-0.1, -0.05) is 25.5 Å². The fourth-order valence-electron chi connectivity index (χ4n) is 2.29. The Hall–Kier alpha value is -2.74. The van der Waals surface area contributed by atoms with E-state index in [2.05, 4.69) is 20.9 Å². The Bertz CT molecular complexity index is 896. The van der Waals surface area contributed by atoms with Crippen LogP contribution in [0.1, 0.15) is 29.6 Å². The zero-order valence-corrected chi connectivity index (χ0v) is 14.9. The first kappa shape index (κ1) is 17.1. The van der Waals surface area contributed by atoms with Gasteiger partial charge in [0.1, 0.15) is 0 Å². The van der Waals surface area contributed by atoms with Crippen LogP contribution < -0.4 is 4.84 Å². The maximum atomic E-state index is 12.4. The molecule has 2 aromatic heterocycles. The van der Waals surface area contributed by atoms with Gasteiger partial charge in [0.25, 0.3) is 0 Å². The van der Waals surface area contributed by atoms with Crippen molar-refractivity contribution in [2.45, 2.75) is 19.8 Å². The van der Waals surface area contributed by atoms with E-state index in [-0.39, 0.29) is 11.7 Å². The fraction of sp³-hybridized carbons (Fsp3) is 0.176. The average Bonchev–Trinajstić information content (AvgIpc) is 3.14. The summed E-state index contributed by atoms with van der Waals surface area (Å²) in [6, 6.07) is 9.73. The molecule has 130 valence electrons. The molecule has 0 aliphatic heterocycles. The van der Waals surface area contributed by atoms with E-state index >= 15 is 0 Å². The van der Waals surface area contributed by atoms with Crippen LogP contribution in [0.2, 0.25) is 0 Å². The summed E-state index contributed by atoms with van der Waals surface area (Å²) in [5.74, 6) is -1.47. The number of carbonyl (C=O) groups is 1. The van der Waals surface area contributed by atoms with Gasteiger partial charge in [-0.05, 0) is 34.5 Å². The molecule has 8 heteroatoms. The molecule has 0 aliphatic carbocycles. The summed E-state index contributed by atoms with van der Waals surface area (Å²) in [5.41, 5.74) is 1.15. The van der Waals surface area contributed by atoms with Gasteiger partial charge in [0, 0.05) is 16.6 Å². The smallest absolute Gasteiger partial charge is 0.401 e. The van der Waals surface area contributed by atoms with Crippen molar-refractivity contribution in [2.75, 3.05) is 0 Å². The highest BCUT2D eigenvalue weighted by molar-refractivity contribution is 9.10. The molecule has 0 saturated heterocycles. The Morgan fingerprint density at radius 1 is 1.24 bits per heavy atom. The third kappa shape index (κ3) is 3.39. The third-order valence-electron chi connectivity index (χ3n) is 3.45. The van der Waals surface area contributed by atoms with E-state index in [4.69, 9.17) is 9.25 Å². The molecular weight excluding hydrogens is 392 g/mol. The summed E-state index contributed by atoms with van der Waals surface area (Å²) < 4.78 is 7.02. The van der Waals surface area contributed by atoms with Gasteiger partial charge in [0.05, 0.1) is 11.3 Å². The molecular formula is C17H15BrN2O5. The first-order valence-corrected chi connectivity index (χ1v) is 8.37. The van der Waals surface area contributed by atoms with Crippen molar-refractivity contribution < 1.29 is 24.3 Å². The molecule has 0 aliphatic rings. The van der Waals surface area contributed by atoms with Crippen molar-refractivity contribution in [2.24, 2.45) is 0 Å². The summed E-state index contributed by atoms with van der Waals surface area (Å²) >= 11 is 3.42. The number of rotatable bonds is 5. The predicted molar refractivity (Wildman–Crippen MR) is 92.3 cm³/mol. The topological polar surface area (TPSA) is 97.7 Å². The van der Waals surface area contributed by atoms with E-state index in [1.54, 1.807) is 0 Å². The number of carbonyl (C=O) groups excluding carboxylic acids is 1. The Kier molecular flexibility index (Phi) is 4.80. The van der Waals surface area contributed by atoms with Crippen LogP contribution in [0.15, 0.2) is 45.3 Å². The average molecular weight is 407 g/mol. The maximum Gasteiger partial charge on any atom is 0.401 e. The van der Waals surface area contributed by atoms with Crippen molar-refractivity contribution in [3.8, 4) is 23.2 Å². The van der Waals surface area contributed by atoms with Crippen LogP contribution in [-0.2, 0) is 6.42 Å². The fourth-order valence-corrected chi connectivity index (χ4v) is 2.74. The van der Waals surface area contributed by atoms with Crippen LogP contribution in [-0.4, -0.2) is 25.9 Å². The van der Waals surface area contributed by atoms with Crippen molar-refractivity contribution >= 4 is 21.9 Å². The van der Waals surface area contributed by atoms with E-state index < -0.39 is 17.7 Å². The quantitative estimate of drug-likeness (QED) is 0.672. The van der Waals surface area contributed by atoms with Crippen molar-refractivity contribution in [1.29, 1.82) is 0 Å². The monoisotopic (exact) mass is 406 g/mol. The molecule has 0 bridgehead atoms. The molecule has 0 spiro atoms. The number of benzene rings is 1. The third-order valence-corrected chi connectivity index (χ3v) is 4.14. The molecule has 0 atom stereocenters. The zero-order valence-electron chi connectivity index (χ0n) is 13.3. The molecule has 0 radical (unpaired) electrons. The minimum atomic E-state index is -0.865. The van der Waals surface area contributed by atoms with Gasteiger partial charge in [-0.25, -0.2) is 9.78 Å². The van der Waals surface area contributed by atoms with Crippen LogP contribution in [0, 0.1) is 0 Å². The maximum absolute atomic E-state index is 12.4. The van der Waals surface area contributed by atoms with Crippen molar-refractivity contribution in [3.05, 3.63) is 52.3 Å². The minimum Gasteiger partial charge on any atom is -0.492 e. The number of aromatic nitrogens is 2. The van der Waals surface area contributed by atoms with E-state index in [1.807, 2.05) is 31.2 Å². The number of nitrogens with zero attached hydrogens (tertiary/aromatic N) is 2. The normalized spacial score (nSPS) is 10.8. The molecule has 2 heterocycles. The van der Waals surface area contributed by atoms with Crippen LogP contribution in [0.3, 0.4) is 0 Å². The summed E-state index contributed by atoms with van der Waals surface area (Å²) in [7, 11) is 0. The van der Waals surface area contributed by atoms with Crippen molar-refractivity contribution in [3.63, 3.8) is 0 Å². The van der Waals surface area contributed by atoms with Gasteiger partial charge in [0.2, 0.25) is 23.4 Å². The summed E-state index contributed by atoms with van der Waals surface area (Å²) in [6.45, 7) is 1.95. The lowest BCUT2D eigenvalue weighted by atomic mass is 10.2.